The summed E-state index contributed by atoms with van der Waals surface area (Å²) in [6, 6.07) is 12.5. The van der Waals surface area contributed by atoms with Crippen LogP contribution in [-0.2, 0) is 10.2 Å². The Bertz CT molecular complexity index is 849. The zero-order valence-corrected chi connectivity index (χ0v) is 17.8. The molecule has 1 aliphatic heterocycles. The summed E-state index contributed by atoms with van der Waals surface area (Å²) in [5, 5.41) is 6.74. The Labute approximate surface area is 177 Å². The molecule has 1 aliphatic rings. The summed E-state index contributed by atoms with van der Waals surface area (Å²) in [5.74, 6) is 1.78. The highest BCUT2D eigenvalue weighted by Crippen LogP contribution is 2.34. The highest BCUT2D eigenvalue weighted by atomic mass is 19.1. The molecule has 0 aromatic heterocycles. The number of anilines is 1. The van der Waals surface area contributed by atoms with Crippen molar-refractivity contribution >= 4 is 11.6 Å². The van der Waals surface area contributed by atoms with Gasteiger partial charge in [0, 0.05) is 44.0 Å². The van der Waals surface area contributed by atoms with E-state index in [0.717, 1.165) is 24.1 Å². The maximum Gasteiger partial charge on any atom is 0.195 e. The minimum Gasteiger partial charge on any atom is -0.493 e. The van der Waals surface area contributed by atoms with E-state index in [9.17, 15) is 4.39 Å². The van der Waals surface area contributed by atoms with Crippen molar-refractivity contribution < 1.29 is 18.6 Å². The summed E-state index contributed by atoms with van der Waals surface area (Å²) in [5.41, 5.74) is 1.81. The summed E-state index contributed by atoms with van der Waals surface area (Å²) in [7, 11) is 3.35. The molecule has 2 aromatic carbocycles. The quantitative estimate of drug-likeness (QED) is 0.529. The van der Waals surface area contributed by atoms with Crippen molar-refractivity contribution in [1.82, 2.24) is 5.32 Å². The van der Waals surface area contributed by atoms with E-state index in [1.807, 2.05) is 37.3 Å². The molecule has 162 valence electrons. The summed E-state index contributed by atoms with van der Waals surface area (Å²) in [6.07, 6.45) is 1.72. The van der Waals surface area contributed by atoms with E-state index in [4.69, 9.17) is 14.2 Å². The highest BCUT2D eigenvalue weighted by Gasteiger charge is 2.34. The summed E-state index contributed by atoms with van der Waals surface area (Å²) < 4.78 is 30.0. The van der Waals surface area contributed by atoms with Crippen LogP contribution in [0.25, 0.3) is 0 Å². The van der Waals surface area contributed by atoms with Crippen LogP contribution in [0, 0.1) is 5.82 Å². The lowest BCUT2D eigenvalue weighted by Crippen LogP contribution is -2.46. The molecule has 0 aliphatic carbocycles. The maximum absolute atomic E-state index is 13.4. The van der Waals surface area contributed by atoms with E-state index in [-0.39, 0.29) is 11.2 Å². The molecule has 2 N–H and O–H groups in total. The van der Waals surface area contributed by atoms with E-state index in [2.05, 4.69) is 15.6 Å². The second kappa shape index (κ2) is 10.3. The molecule has 0 atom stereocenters. The number of benzene rings is 2. The highest BCUT2D eigenvalue weighted by molar-refractivity contribution is 5.93. The van der Waals surface area contributed by atoms with Crippen molar-refractivity contribution in [2.45, 2.75) is 25.2 Å². The fourth-order valence-corrected chi connectivity index (χ4v) is 3.72. The number of hydrogen-bond donors (Lipinski definition) is 2. The Kier molecular flexibility index (Phi) is 7.52. The van der Waals surface area contributed by atoms with Crippen LogP contribution in [0.5, 0.6) is 11.5 Å². The first-order valence-electron chi connectivity index (χ1n) is 10.2. The molecule has 0 amide bonds. The number of nitrogens with zero attached hydrogens (tertiary/aromatic N) is 1. The summed E-state index contributed by atoms with van der Waals surface area (Å²) in [6.45, 7) is 4.53. The number of methoxy groups -OCH3 is 1. The van der Waals surface area contributed by atoms with Crippen LogP contribution in [0.4, 0.5) is 10.1 Å². The molecule has 2 aromatic rings. The topological polar surface area (TPSA) is 64.1 Å². The standard InChI is InChI=1S/C23H30FN3O3/c1-4-30-20-10-9-19(15-21(20)28-3)27-22(25-2)26-16-23(11-13-29-14-12-23)17-5-7-18(24)8-6-17/h5-10,15H,4,11-14,16H2,1-3H3,(H2,25,26,27). The third kappa shape index (κ3) is 5.21. The van der Waals surface area contributed by atoms with Gasteiger partial charge in [-0.1, -0.05) is 12.1 Å². The van der Waals surface area contributed by atoms with Crippen molar-refractivity contribution in [2.75, 3.05) is 45.8 Å². The fourth-order valence-electron chi connectivity index (χ4n) is 3.72. The average Bonchev–Trinajstić information content (AvgIpc) is 2.78. The first-order valence-corrected chi connectivity index (χ1v) is 10.2. The van der Waals surface area contributed by atoms with Gasteiger partial charge < -0.3 is 24.8 Å². The Morgan fingerprint density at radius 2 is 1.87 bits per heavy atom. The van der Waals surface area contributed by atoms with Crippen LogP contribution in [0.3, 0.4) is 0 Å². The minimum absolute atomic E-state index is 0.139. The number of guanidine groups is 1. The van der Waals surface area contributed by atoms with Crippen molar-refractivity contribution in [1.29, 1.82) is 0 Å². The molecule has 6 nitrogen and oxygen atoms in total. The molecule has 1 heterocycles. The lowest BCUT2D eigenvalue weighted by molar-refractivity contribution is 0.0514. The van der Waals surface area contributed by atoms with Gasteiger partial charge in [-0.3, -0.25) is 4.99 Å². The number of nitrogens with one attached hydrogen (secondary N) is 2. The Morgan fingerprint density at radius 3 is 2.50 bits per heavy atom. The maximum atomic E-state index is 13.4. The second-order valence-corrected chi connectivity index (χ2v) is 7.25. The monoisotopic (exact) mass is 415 g/mol. The van der Waals surface area contributed by atoms with Crippen molar-refractivity contribution in [3.8, 4) is 11.5 Å². The molecule has 1 fully saturated rings. The Morgan fingerprint density at radius 1 is 1.13 bits per heavy atom. The van der Waals surface area contributed by atoms with Gasteiger partial charge in [0.05, 0.1) is 13.7 Å². The average molecular weight is 416 g/mol. The molecule has 0 bridgehead atoms. The van der Waals surface area contributed by atoms with Crippen LogP contribution < -0.4 is 20.1 Å². The van der Waals surface area contributed by atoms with E-state index in [0.29, 0.717) is 43.8 Å². The molecule has 7 heteroatoms. The van der Waals surface area contributed by atoms with Crippen LogP contribution in [-0.4, -0.2) is 46.5 Å². The van der Waals surface area contributed by atoms with E-state index < -0.39 is 0 Å². The molecule has 3 rings (SSSR count). The first kappa shape index (κ1) is 21.9. The smallest absolute Gasteiger partial charge is 0.195 e. The minimum atomic E-state index is -0.226. The Hall–Kier alpha value is -2.80. The van der Waals surface area contributed by atoms with Gasteiger partial charge in [-0.2, -0.15) is 0 Å². The zero-order chi connectivity index (χ0) is 21.4. The van der Waals surface area contributed by atoms with Crippen LogP contribution in [0.15, 0.2) is 47.5 Å². The number of ether oxygens (including phenoxy) is 3. The molecular formula is C23H30FN3O3. The van der Waals surface area contributed by atoms with Gasteiger partial charge >= 0.3 is 0 Å². The van der Waals surface area contributed by atoms with Crippen LogP contribution in [0.1, 0.15) is 25.3 Å². The van der Waals surface area contributed by atoms with Gasteiger partial charge in [-0.15, -0.1) is 0 Å². The van der Waals surface area contributed by atoms with Gasteiger partial charge in [0.2, 0.25) is 0 Å². The van der Waals surface area contributed by atoms with Crippen molar-refractivity contribution in [3.05, 3.63) is 53.8 Å². The van der Waals surface area contributed by atoms with Gasteiger partial charge in [0.15, 0.2) is 17.5 Å². The molecule has 0 spiro atoms. The Balaban J connectivity index is 1.72. The van der Waals surface area contributed by atoms with Crippen molar-refractivity contribution in [3.63, 3.8) is 0 Å². The van der Waals surface area contributed by atoms with E-state index in [1.165, 1.54) is 12.1 Å². The summed E-state index contributed by atoms with van der Waals surface area (Å²) >= 11 is 0. The first-order chi connectivity index (χ1) is 14.6. The molecule has 1 saturated heterocycles. The lowest BCUT2D eigenvalue weighted by Gasteiger charge is -2.38. The molecular weight excluding hydrogens is 385 g/mol. The SMILES string of the molecule is CCOc1ccc(NC(=NC)NCC2(c3ccc(F)cc3)CCOCC2)cc1OC. The van der Waals surface area contributed by atoms with E-state index >= 15 is 0 Å². The third-order valence-electron chi connectivity index (χ3n) is 5.45. The molecule has 30 heavy (non-hydrogen) atoms. The summed E-state index contributed by atoms with van der Waals surface area (Å²) in [4.78, 5) is 4.35. The van der Waals surface area contributed by atoms with Gasteiger partial charge in [-0.05, 0) is 49.6 Å². The molecule has 0 radical (unpaired) electrons. The lowest BCUT2D eigenvalue weighted by atomic mass is 9.74. The fraction of sp³-hybridized carbons (Fsp3) is 0.435. The van der Waals surface area contributed by atoms with E-state index in [1.54, 1.807) is 14.2 Å². The molecule has 0 saturated carbocycles. The van der Waals surface area contributed by atoms with Gasteiger partial charge in [-0.25, -0.2) is 4.39 Å². The predicted octanol–water partition coefficient (Wildman–Crippen LogP) is 3.97. The number of rotatable bonds is 7. The number of aliphatic imine (C=N–C) groups is 1. The second-order valence-electron chi connectivity index (χ2n) is 7.25. The zero-order valence-electron chi connectivity index (χ0n) is 17.8. The van der Waals surface area contributed by atoms with Gasteiger partial charge in [0.1, 0.15) is 5.82 Å². The number of halogens is 1. The molecule has 0 unspecified atom stereocenters. The van der Waals surface area contributed by atoms with Crippen LogP contribution >= 0.6 is 0 Å². The number of hydrogen-bond acceptors (Lipinski definition) is 4. The predicted molar refractivity (Wildman–Crippen MR) is 117 cm³/mol. The normalized spacial score (nSPS) is 16.1. The van der Waals surface area contributed by atoms with Crippen molar-refractivity contribution in [2.24, 2.45) is 4.99 Å². The largest absolute Gasteiger partial charge is 0.493 e. The van der Waals surface area contributed by atoms with Gasteiger partial charge in [0.25, 0.3) is 0 Å². The third-order valence-corrected chi connectivity index (χ3v) is 5.45. The van der Waals surface area contributed by atoms with Crippen LogP contribution in [0.2, 0.25) is 0 Å².